The summed E-state index contributed by atoms with van der Waals surface area (Å²) in [6.07, 6.45) is 5.40. The van der Waals surface area contributed by atoms with Crippen molar-refractivity contribution in [3.8, 4) is 5.69 Å². The maximum Gasteiger partial charge on any atom is 0.254 e. The minimum atomic E-state index is -0.540. The Kier molecular flexibility index (Phi) is 3.74. The van der Waals surface area contributed by atoms with Crippen molar-refractivity contribution in [2.75, 3.05) is 6.61 Å². The Hall–Kier alpha value is -2.14. The standard InChI is InChI=1S/C17H21N3O2/c1-12-5-3-4-6-15(12)20-10-13(9-18-20)16(22)19-17(2,11-21)14-7-8-14/h3-6,9-10,14,21H,7-8,11H2,1-2H3,(H,19,22). The molecule has 1 atom stereocenters. The summed E-state index contributed by atoms with van der Waals surface area (Å²) in [7, 11) is 0. The van der Waals surface area contributed by atoms with Gasteiger partial charge in [-0.05, 0) is 44.2 Å². The lowest BCUT2D eigenvalue weighted by molar-refractivity contribution is 0.0824. The summed E-state index contributed by atoms with van der Waals surface area (Å²) in [6, 6.07) is 7.89. The number of nitrogens with one attached hydrogen (secondary N) is 1. The van der Waals surface area contributed by atoms with Crippen LogP contribution < -0.4 is 5.32 Å². The molecule has 1 saturated carbocycles. The highest BCUT2D eigenvalue weighted by atomic mass is 16.3. The molecule has 1 aromatic heterocycles. The van der Waals surface area contributed by atoms with E-state index in [2.05, 4.69) is 10.4 Å². The van der Waals surface area contributed by atoms with Crippen molar-refractivity contribution < 1.29 is 9.90 Å². The van der Waals surface area contributed by atoms with E-state index in [-0.39, 0.29) is 12.5 Å². The summed E-state index contributed by atoms with van der Waals surface area (Å²) in [5, 5.41) is 16.8. The van der Waals surface area contributed by atoms with E-state index in [1.807, 2.05) is 38.1 Å². The molecule has 0 bridgehead atoms. The van der Waals surface area contributed by atoms with Gasteiger partial charge in [0.2, 0.25) is 0 Å². The van der Waals surface area contributed by atoms with Crippen LogP contribution in [0.25, 0.3) is 5.69 Å². The van der Waals surface area contributed by atoms with E-state index in [1.165, 1.54) is 0 Å². The first-order valence-corrected chi connectivity index (χ1v) is 7.57. The van der Waals surface area contributed by atoms with Crippen molar-refractivity contribution in [1.29, 1.82) is 0 Å². The van der Waals surface area contributed by atoms with Crippen molar-refractivity contribution in [1.82, 2.24) is 15.1 Å². The van der Waals surface area contributed by atoms with Crippen LogP contribution in [0.3, 0.4) is 0 Å². The van der Waals surface area contributed by atoms with Crippen molar-refractivity contribution in [3.63, 3.8) is 0 Å². The number of nitrogens with zero attached hydrogens (tertiary/aromatic N) is 2. The molecule has 0 spiro atoms. The van der Waals surface area contributed by atoms with Crippen LogP contribution in [0.5, 0.6) is 0 Å². The van der Waals surface area contributed by atoms with Crippen molar-refractivity contribution in [2.24, 2.45) is 5.92 Å². The number of para-hydroxylation sites is 1. The zero-order valence-corrected chi connectivity index (χ0v) is 12.9. The van der Waals surface area contributed by atoms with Crippen LogP contribution in [0, 0.1) is 12.8 Å². The van der Waals surface area contributed by atoms with Crippen LogP contribution in [0.15, 0.2) is 36.7 Å². The number of hydrogen-bond acceptors (Lipinski definition) is 3. The number of carbonyl (C=O) groups excluding carboxylic acids is 1. The lowest BCUT2D eigenvalue weighted by Gasteiger charge is -2.28. The Morgan fingerprint density at radius 2 is 2.18 bits per heavy atom. The molecule has 1 fully saturated rings. The largest absolute Gasteiger partial charge is 0.394 e. The molecule has 1 amide bonds. The molecule has 2 aromatic rings. The number of amides is 1. The molecule has 0 radical (unpaired) electrons. The normalized spacial score (nSPS) is 17.0. The Balaban J connectivity index is 1.79. The van der Waals surface area contributed by atoms with Gasteiger partial charge in [-0.15, -0.1) is 0 Å². The molecule has 1 aliphatic carbocycles. The Morgan fingerprint density at radius 1 is 1.45 bits per heavy atom. The number of aliphatic hydroxyl groups excluding tert-OH is 1. The molecule has 0 aliphatic heterocycles. The summed E-state index contributed by atoms with van der Waals surface area (Å²) >= 11 is 0. The molecule has 3 rings (SSSR count). The molecule has 2 N–H and O–H groups in total. The van der Waals surface area contributed by atoms with Crippen LogP contribution in [-0.4, -0.2) is 32.9 Å². The quantitative estimate of drug-likeness (QED) is 0.888. The Bertz CT molecular complexity index is 691. The summed E-state index contributed by atoms with van der Waals surface area (Å²) in [5.41, 5.74) is 2.01. The Labute approximate surface area is 130 Å². The van der Waals surface area contributed by atoms with Gasteiger partial charge in [0.1, 0.15) is 0 Å². The average Bonchev–Trinajstić information content (AvgIpc) is 3.26. The van der Waals surface area contributed by atoms with Gasteiger partial charge in [0.25, 0.3) is 5.91 Å². The van der Waals surface area contributed by atoms with Crippen LogP contribution in [0.4, 0.5) is 0 Å². The second-order valence-corrected chi connectivity index (χ2v) is 6.26. The first-order valence-electron chi connectivity index (χ1n) is 7.57. The van der Waals surface area contributed by atoms with Gasteiger partial charge in [0.05, 0.1) is 29.6 Å². The summed E-state index contributed by atoms with van der Waals surface area (Å²) in [5.74, 6) is 0.177. The van der Waals surface area contributed by atoms with E-state index in [0.29, 0.717) is 11.5 Å². The first-order chi connectivity index (χ1) is 10.5. The molecule has 1 unspecified atom stereocenters. The van der Waals surface area contributed by atoms with Gasteiger partial charge < -0.3 is 10.4 Å². The third-order valence-corrected chi connectivity index (χ3v) is 4.41. The van der Waals surface area contributed by atoms with E-state index >= 15 is 0 Å². The van der Waals surface area contributed by atoms with Crippen molar-refractivity contribution in [2.45, 2.75) is 32.2 Å². The first kappa shape index (κ1) is 14.8. The van der Waals surface area contributed by atoms with E-state index in [0.717, 1.165) is 24.1 Å². The van der Waals surface area contributed by atoms with Gasteiger partial charge in [-0.3, -0.25) is 4.79 Å². The number of benzene rings is 1. The number of carbonyl (C=O) groups is 1. The molecule has 1 aromatic carbocycles. The zero-order valence-electron chi connectivity index (χ0n) is 12.9. The zero-order chi connectivity index (χ0) is 15.7. The number of hydrogen-bond donors (Lipinski definition) is 2. The highest BCUT2D eigenvalue weighted by molar-refractivity contribution is 5.94. The van der Waals surface area contributed by atoms with Gasteiger partial charge in [0, 0.05) is 6.20 Å². The topological polar surface area (TPSA) is 67.2 Å². The maximum atomic E-state index is 12.4. The van der Waals surface area contributed by atoms with Crippen LogP contribution in [0.2, 0.25) is 0 Å². The molecule has 1 aliphatic rings. The number of rotatable bonds is 5. The second kappa shape index (κ2) is 5.57. The van der Waals surface area contributed by atoms with Crippen molar-refractivity contribution in [3.05, 3.63) is 47.8 Å². The molecule has 116 valence electrons. The number of aliphatic hydroxyl groups is 1. The molecule has 1 heterocycles. The average molecular weight is 299 g/mol. The third-order valence-electron chi connectivity index (χ3n) is 4.41. The van der Waals surface area contributed by atoms with Crippen LogP contribution >= 0.6 is 0 Å². The molecular formula is C17H21N3O2. The van der Waals surface area contributed by atoms with E-state index < -0.39 is 5.54 Å². The SMILES string of the molecule is Cc1ccccc1-n1cc(C(=O)NC(C)(CO)C2CC2)cn1. The maximum absolute atomic E-state index is 12.4. The molecule has 5 nitrogen and oxygen atoms in total. The fourth-order valence-corrected chi connectivity index (χ4v) is 2.71. The molecule has 22 heavy (non-hydrogen) atoms. The highest BCUT2D eigenvalue weighted by Crippen LogP contribution is 2.39. The predicted molar refractivity (Wildman–Crippen MR) is 84.0 cm³/mol. The van der Waals surface area contributed by atoms with Crippen LogP contribution in [0.1, 0.15) is 35.7 Å². The van der Waals surface area contributed by atoms with Crippen LogP contribution in [-0.2, 0) is 0 Å². The minimum absolute atomic E-state index is 0.0463. The second-order valence-electron chi connectivity index (χ2n) is 6.26. The van der Waals surface area contributed by atoms with Gasteiger partial charge in [-0.1, -0.05) is 18.2 Å². The van der Waals surface area contributed by atoms with Gasteiger partial charge in [0.15, 0.2) is 0 Å². The highest BCUT2D eigenvalue weighted by Gasteiger charge is 2.42. The van der Waals surface area contributed by atoms with E-state index in [4.69, 9.17) is 0 Å². The molecule has 0 saturated heterocycles. The van der Waals surface area contributed by atoms with E-state index in [9.17, 15) is 9.90 Å². The predicted octanol–water partition coefficient (Wildman–Crippen LogP) is 2.07. The summed E-state index contributed by atoms with van der Waals surface area (Å²) in [6.45, 7) is 3.86. The monoisotopic (exact) mass is 299 g/mol. The van der Waals surface area contributed by atoms with Gasteiger partial charge in [-0.2, -0.15) is 5.10 Å². The fourth-order valence-electron chi connectivity index (χ4n) is 2.71. The minimum Gasteiger partial charge on any atom is -0.394 e. The summed E-state index contributed by atoms with van der Waals surface area (Å²) < 4.78 is 1.71. The number of aromatic nitrogens is 2. The third kappa shape index (κ3) is 2.76. The fraction of sp³-hybridized carbons (Fsp3) is 0.412. The summed E-state index contributed by atoms with van der Waals surface area (Å²) in [4.78, 5) is 12.4. The van der Waals surface area contributed by atoms with Crippen molar-refractivity contribution >= 4 is 5.91 Å². The van der Waals surface area contributed by atoms with Gasteiger partial charge in [-0.25, -0.2) is 4.68 Å². The number of aryl methyl sites for hydroxylation is 1. The van der Waals surface area contributed by atoms with E-state index in [1.54, 1.807) is 17.1 Å². The molecular weight excluding hydrogens is 278 g/mol. The van der Waals surface area contributed by atoms with Gasteiger partial charge >= 0.3 is 0 Å². The lowest BCUT2D eigenvalue weighted by Crippen LogP contribution is -2.50. The Morgan fingerprint density at radius 3 is 2.82 bits per heavy atom. The lowest BCUT2D eigenvalue weighted by atomic mass is 9.96. The molecule has 5 heteroatoms. The smallest absolute Gasteiger partial charge is 0.254 e.